The van der Waals surface area contributed by atoms with Crippen molar-refractivity contribution in [3.8, 4) is 0 Å². The summed E-state index contributed by atoms with van der Waals surface area (Å²) < 4.78 is 5.12. The van der Waals surface area contributed by atoms with Crippen molar-refractivity contribution in [1.82, 2.24) is 4.90 Å². The summed E-state index contributed by atoms with van der Waals surface area (Å²) in [5.74, 6) is -1.75. The first-order chi connectivity index (χ1) is 12.4. The van der Waals surface area contributed by atoms with E-state index < -0.39 is 23.9 Å². The normalized spacial score (nSPS) is 15.7. The molecule has 1 aliphatic rings. The summed E-state index contributed by atoms with van der Waals surface area (Å²) in [6.07, 6.45) is 2.07. The van der Waals surface area contributed by atoms with Crippen LogP contribution in [-0.4, -0.2) is 47.8 Å². The van der Waals surface area contributed by atoms with Crippen LogP contribution in [0.3, 0.4) is 0 Å². The third-order valence-electron chi connectivity index (χ3n) is 4.11. The molecule has 0 aliphatic carbocycles. The Hall–Kier alpha value is -2.90. The van der Waals surface area contributed by atoms with E-state index in [2.05, 4.69) is 5.32 Å². The molecule has 1 aromatic carbocycles. The highest BCUT2D eigenvalue weighted by molar-refractivity contribution is 5.97. The lowest BCUT2D eigenvalue weighted by molar-refractivity contribution is -0.156. The third kappa shape index (κ3) is 5.58. The second-order valence-corrected chi connectivity index (χ2v) is 6.19. The van der Waals surface area contributed by atoms with Gasteiger partial charge in [0.05, 0.1) is 0 Å². The first-order valence-corrected chi connectivity index (χ1v) is 8.55. The van der Waals surface area contributed by atoms with Crippen LogP contribution in [0, 0.1) is 0 Å². The number of hydrogen-bond acceptors (Lipinski definition) is 5. The molecule has 3 N–H and O–H groups in total. The molecule has 140 valence electrons. The number of carbonyl (C=O) groups is 4. The standard InChI is InChI=1S/C18H23N3O5/c1-12(18(25)20-14-8-6-13(7-9-14)17(19)24)26-16(23)11-21-10-4-2-3-5-15(21)22/h6-9,12H,2-5,10-11H2,1H3,(H2,19,24)(H,20,25)/t12-/m1/s1. The maximum atomic E-state index is 12.1. The van der Waals surface area contributed by atoms with Crippen LogP contribution in [0.2, 0.25) is 0 Å². The quantitative estimate of drug-likeness (QED) is 0.734. The molecule has 1 aromatic rings. The molecule has 8 nitrogen and oxygen atoms in total. The number of hydrogen-bond donors (Lipinski definition) is 2. The van der Waals surface area contributed by atoms with Crippen LogP contribution < -0.4 is 11.1 Å². The number of benzene rings is 1. The van der Waals surface area contributed by atoms with Gasteiger partial charge in [-0.15, -0.1) is 0 Å². The van der Waals surface area contributed by atoms with Gasteiger partial charge in [0.1, 0.15) is 6.54 Å². The van der Waals surface area contributed by atoms with E-state index >= 15 is 0 Å². The lowest BCUT2D eigenvalue weighted by atomic mass is 10.2. The zero-order chi connectivity index (χ0) is 19.1. The number of nitrogens with two attached hydrogens (primary N) is 1. The summed E-state index contributed by atoms with van der Waals surface area (Å²) in [6.45, 7) is 1.83. The smallest absolute Gasteiger partial charge is 0.326 e. The summed E-state index contributed by atoms with van der Waals surface area (Å²) in [5, 5.41) is 2.59. The van der Waals surface area contributed by atoms with E-state index in [1.165, 1.54) is 36.1 Å². The van der Waals surface area contributed by atoms with Crippen LogP contribution in [0.25, 0.3) is 0 Å². The molecule has 2 rings (SSSR count). The Morgan fingerprint density at radius 2 is 1.88 bits per heavy atom. The van der Waals surface area contributed by atoms with E-state index in [0.717, 1.165) is 19.3 Å². The van der Waals surface area contributed by atoms with Crippen LogP contribution in [0.5, 0.6) is 0 Å². The van der Waals surface area contributed by atoms with Gasteiger partial charge in [0.25, 0.3) is 5.91 Å². The summed E-state index contributed by atoms with van der Waals surface area (Å²) in [5.41, 5.74) is 5.93. The topological polar surface area (TPSA) is 119 Å². The number of likely N-dealkylation sites (tertiary alicyclic amines) is 1. The molecule has 1 atom stereocenters. The van der Waals surface area contributed by atoms with Gasteiger partial charge in [0, 0.05) is 24.2 Å². The van der Waals surface area contributed by atoms with E-state index in [1.807, 2.05) is 0 Å². The van der Waals surface area contributed by atoms with Gasteiger partial charge in [0.2, 0.25) is 11.8 Å². The van der Waals surface area contributed by atoms with Gasteiger partial charge in [-0.2, -0.15) is 0 Å². The fourth-order valence-corrected chi connectivity index (χ4v) is 2.61. The number of esters is 1. The van der Waals surface area contributed by atoms with Crippen LogP contribution in [0.15, 0.2) is 24.3 Å². The number of primary amides is 1. The Bertz CT molecular complexity index is 687. The highest BCUT2D eigenvalue weighted by atomic mass is 16.5. The minimum absolute atomic E-state index is 0.0638. The maximum absolute atomic E-state index is 12.1. The zero-order valence-corrected chi connectivity index (χ0v) is 14.7. The van der Waals surface area contributed by atoms with E-state index in [4.69, 9.17) is 10.5 Å². The van der Waals surface area contributed by atoms with Gasteiger partial charge >= 0.3 is 5.97 Å². The molecule has 3 amide bonds. The number of nitrogens with one attached hydrogen (secondary N) is 1. The van der Waals surface area contributed by atoms with Crippen molar-refractivity contribution in [1.29, 1.82) is 0 Å². The first kappa shape index (κ1) is 19.4. The van der Waals surface area contributed by atoms with Crippen LogP contribution in [-0.2, 0) is 19.1 Å². The monoisotopic (exact) mass is 361 g/mol. The van der Waals surface area contributed by atoms with Crippen molar-refractivity contribution in [3.63, 3.8) is 0 Å². The Morgan fingerprint density at radius 3 is 2.54 bits per heavy atom. The molecular formula is C18H23N3O5. The number of carbonyl (C=O) groups excluding carboxylic acids is 4. The Labute approximate surface area is 151 Å². The lowest BCUT2D eigenvalue weighted by Crippen LogP contribution is -2.38. The van der Waals surface area contributed by atoms with Crippen molar-refractivity contribution in [2.45, 2.75) is 38.7 Å². The van der Waals surface area contributed by atoms with E-state index in [9.17, 15) is 19.2 Å². The summed E-state index contributed by atoms with van der Waals surface area (Å²) in [6, 6.07) is 6.03. The predicted molar refractivity (Wildman–Crippen MR) is 94.2 cm³/mol. The molecule has 1 fully saturated rings. The number of anilines is 1. The molecule has 1 aliphatic heterocycles. The van der Waals surface area contributed by atoms with Crippen molar-refractivity contribution >= 4 is 29.4 Å². The molecule has 1 heterocycles. The molecule has 0 spiro atoms. The molecule has 8 heteroatoms. The van der Waals surface area contributed by atoms with Gasteiger partial charge in [-0.05, 0) is 44.0 Å². The molecular weight excluding hydrogens is 338 g/mol. The maximum Gasteiger partial charge on any atom is 0.326 e. The Balaban J connectivity index is 1.84. The van der Waals surface area contributed by atoms with E-state index in [0.29, 0.717) is 24.2 Å². The largest absolute Gasteiger partial charge is 0.451 e. The Kier molecular flexibility index (Phi) is 6.71. The van der Waals surface area contributed by atoms with Crippen molar-refractivity contribution in [3.05, 3.63) is 29.8 Å². The average molecular weight is 361 g/mol. The fourth-order valence-electron chi connectivity index (χ4n) is 2.61. The van der Waals surface area contributed by atoms with Gasteiger partial charge in [-0.25, -0.2) is 0 Å². The highest BCUT2D eigenvalue weighted by Gasteiger charge is 2.23. The summed E-state index contributed by atoms with van der Waals surface area (Å²) in [7, 11) is 0. The van der Waals surface area contributed by atoms with Crippen molar-refractivity contribution < 1.29 is 23.9 Å². The molecule has 26 heavy (non-hydrogen) atoms. The highest BCUT2D eigenvalue weighted by Crippen LogP contribution is 2.12. The molecule has 0 aromatic heterocycles. The van der Waals surface area contributed by atoms with Gasteiger partial charge in [-0.1, -0.05) is 6.42 Å². The van der Waals surface area contributed by atoms with Gasteiger partial charge < -0.3 is 20.7 Å². The molecule has 1 saturated heterocycles. The van der Waals surface area contributed by atoms with Gasteiger partial charge in [0.15, 0.2) is 6.10 Å². The number of rotatable bonds is 6. The average Bonchev–Trinajstić information content (AvgIpc) is 2.79. The Morgan fingerprint density at radius 1 is 1.19 bits per heavy atom. The first-order valence-electron chi connectivity index (χ1n) is 8.55. The molecule has 0 bridgehead atoms. The third-order valence-corrected chi connectivity index (χ3v) is 4.11. The minimum atomic E-state index is -1.01. The van der Waals surface area contributed by atoms with Crippen LogP contribution >= 0.6 is 0 Å². The van der Waals surface area contributed by atoms with E-state index in [-0.39, 0.29) is 12.5 Å². The van der Waals surface area contributed by atoms with Gasteiger partial charge in [-0.3, -0.25) is 19.2 Å². The molecule has 0 unspecified atom stereocenters. The number of nitrogens with zero attached hydrogens (tertiary/aromatic N) is 1. The second-order valence-electron chi connectivity index (χ2n) is 6.19. The minimum Gasteiger partial charge on any atom is -0.451 e. The number of ether oxygens (including phenoxy) is 1. The summed E-state index contributed by atoms with van der Waals surface area (Å²) in [4.78, 5) is 48.5. The fraction of sp³-hybridized carbons (Fsp3) is 0.444. The van der Waals surface area contributed by atoms with E-state index in [1.54, 1.807) is 0 Å². The molecule has 0 radical (unpaired) electrons. The second kappa shape index (κ2) is 8.98. The molecule has 0 saturated carbocycles. The summed E-state index contributed by atoms with van der Waals surface area (Å²) >= 11 is 0. The zero-order valence-electron chi connectivity index (χ0n) is 14.7. The van der Waals surface area contributed by atoms with Crippen LogP contribution in [0.4, 0.5) is 5.69 Å². The predicted octanol–water partition coefficient (Wildman–Crippen LogP) is 1.06. The van der Waals surface area contributed by atoms with Crippen molar-refractivity contribution in [2.24, 2.45) is 5.73 Å². The lowest BCUT2D eigenvalue weighted by Gasteiger charge is -2.20. The number of amides is 3. The van der Waals surface area contributed by atoms with Crippen molar-refractivity contribution in [2.75, 3.05) is 18.4 Å². The van der Waals surface area contributed by atoms with Crippen LogP contribution in [0.1, 0.15) is 43.0 Å². The SMILES string of the molecule is C[C@@H](OC(=O)CN1CCCCCC1=O)C(=O)Nc1ccc(C(N)=O)cc1.